The van der Waals surface area contributed by atoms with Crippen LogP contribution in [0, 0.1) is 17.0 Å². The lowest BCUT2D eigenvalue weighted by Gasteiger charge is -2.40. The van der Waals surface area contributed by atoms with Crippen LogP contribution in [-0.2, 0) is 26.1 Å². The van der Waals surface area contributed by atoms with Gasteiger partial charge >= 0.3 is 12.1 Å². The Morgan fingerprint density at radius 2 is 1.93 bits per heavy atom. The number of ether oxygens (including phenoxy) is 3. The van der Waals surface area contributed by atoms with E-state index in [0.717, 1.165) is 24.0 Å². The average Bonchev–Trinajstić information content (AvgIpc) is 3.33. The molecule has 45 heavy (non-hydrogen) atoms. The number of amides is 1. The average molecular weight is 623 g/mol. The lowest BCUT2D eigenvalue weighted by atomic mass is 9.72. The Kier molecular flexibility index (Phi) is 8.89. The Hall–Kier alpha value is -4.81. The van der Waals surface area contributed by atoms with Gasteiger partial charge in [-0.25, -0.2) is 23.2 Å². The minimum Gasteiger partial charge on any atom is -0.493 e. The molecular weight excluding hydrogens is 586 g/mol. The zero-order valence-electron chi connectivity index (χ0n) is 25.7. The van der Waals surface area contributed by atoms with Crippen LogP contribution in [0.2, 0.25) is 0 Å². The Bertz CT molecular complexity index is 1640. The third kappa shape index (κ3) is 6.66. The van der Waals surface area contributed by atoms with Crippen molar-refractivity contribution in [2.75, 3.05) is 31.6 Å². The van der Waals surface area contributed by atoms with Gasteiger partial charge in [-0.15, -0.1) is 0 Å². The highest BCUT2D eigenvalue weighted by atomic mass is 19.1. The molecule has 1 amide bonds. The van der Waals surface area contributed by atoms with Crippen molar-refractivity contribution in [3.63, 3.8) is 0 Å². The molecule has 13 heteroatoms. The van der Waals surface area contributed by atoms with Gasteiger partial charge in [0.2, 0.25) is 5.96 Å². The Balaban J connectivity index is 1.50. The van der Waals surface area contributed by atoms with Gasteiger partial charge in [0.1, 0.15) is 29.3 Å². The number of esters is 1. The summed E-state index contributed by atoms with van der Waals surface area (Å²) >= 11 is 0. The maximum Gasteiger partial charge on any atom is 0.410 e. The summed E-state index contributed by atoms with van der Waals surface area (Å²) in [7, 11) is 0. The molecular formula is C32H36F2N6O5. The summed E-state index contributed by atoms with van der Waals surface area (Å²) in [6, 6.07) is 8.61. The SMILES string of the molecule is CCOC(=O)C1(c2ccc3c(c2)-c2nn(/C(=N/C=N)Nc4ccc(F)cc4F)cc2CCO3)CCN(C(=O)OC(C)(C)C)CC1. The molecule has 5 rings (SSSR count). The summed E-state index contributed by atoms with van der Waals surface area (Å²) in [6.45, 7) is 8.34. The quantitative estimate of drug-likeness (QED) is 0.218. The van der Waals surface area contributed by atoms with Crippen molar-refractivity contribution in [3.8, 4) is 17.0 Å². The van der Waals surface area contributed by atoms with Crippen molar-refractivity contribution in [2.45, 2.75) is 58.0 Å². The molecule has 0 unspecified atom stereocenters. The molecule has 1 aromatic heterocycles. The van der Waals surface area contributed by atoms with Crippen LogP contribution in [0.5, 0.6) is 5.75 Å². The van der Waals surface area contributed by atoms with Gasteiger partial charge in [0.25, 0.3) is 0 Å². The highest BCUT2D eigenvalue weighted by Crippen LogP contribution is 2.42. The van der Waals surface area contributed by atoms with Gasteiger partial charge < -0.3 is 24.4 Å². The predicted octanol–water partition coefficient (Wildman–Crippen LogP) is 5.52. The van der Waals surface area contributed by atoms with E-state index in [0.29, 0.717) is 61.5 Å². The highest BCUT2D eigenvalue weighted by Gasteiger charge is 2.46. The summed E-state index contributed by atoms with van der Waals surface area (Å²) in [5, 5.41) is 15.0. The first-order valence-corrected chi connectivity index (χ1v) is 14.7. The van der Waals surface area contributed by atoms with Gasteiger partial charge in [-0.3, -0.25) is 10.2 Å². The fourth-order valence-electron chi connectivity index (χ4n) is 5.54. The van der Waals surface area contributed by atoms with Crippen molar-refractivity contribution in [1.82, 2.24) is 14.7 Å². The molecule has 11 nitrogen and oxygen atoms in total. The first-order valence-electron chi connectivity index (χ1n) is 14.7. The molecule has 2 aromatic carbocycles. The van der Waals surface area contributed by atoms with Crippen LogP contribution >= 0.6 is 0 Å². The fourth-order valence-corrected chi connectivity index (χ4v) is 5.54. The molecule has 2 aliphatic heterocycles. The zero-order chi connectivity index (χ0) is 32.4. The van der Waals surface area contributed by atoms with E-state index in [1.165, 1.54) is 10.7 Å². The van der Waals surface area contributed by atoms with Gasteiger partial charge in [-0.05, 0) is 70.4 Å². The predicted molar refractivity (Wildman–Crippen MR) is 164 cm³/mol. The monoisotopic (exact) mass is 622 g/mol. The largest absolute Gasteiger partial charge is 0.493 e. The lowest BCUT2D eigenvalue weighted by molar-refractivity contribution is -0.152. The van der Waals surface area contributed by atoms with Gasteiger partial charge in [0, 0.05) is 42.9 Å². The van der Waals surface area contributed by atoms with E-state index in [2.05, 4.69) is 10.3 Å². The van der Waals surface area contributed by atoms with Crippen LogP contribution in [0.1, 0.15) is 51.7 Å². The number of piperidine rings is 1. The van der Waals surface area contributed by atoms with Crippen LogP contribution in [0.15, 0.2) is 47.6 Å². The van der Waals surface area contributed by atoms with Crippen molar-refractivity contribution in [3.05, 3.63) is 65.4 Å². The minimum atomic E-state index is -1.02. The summed E-state index contributed by atoms with van der Waals surface area (Å²) < 4.78 is 46.5. The van der Waals surface area contributed by atoms with E-state index in [1.54, 1.807) is 24.1 Å². The van der Waals surface area contributed by atoms with Crippen molar-refractivity contribution >= 4 is 30.0 Å². The second kappa shape index (κ2) is 12.7. The van der Waals surface area contributed by atoms with E-state index in [1.807, 2.05) is 32.9 Å². The summed E-state index contributed by atoms with van der Waals surface area (Å²) in [5.41, 5.74) is 1.00. The van der Waals surface area contributed by atoms with Crippen molar-refractivity contribution in [1.29, 1.82) is 5.41 Å². The Morgan fingerprint density at radius 3 is 2.60 bits per heavy atom. The minimum absolute atomic E-state index is 0.0275. The molecule has 1 fully saturated rings. The molecule has 2 aliphatic rings. The normalized spacial score (nSPS) is 16.0. The number of hydrogen-bond donors (Lipinski definition) is 2. The van der Waals surface area contributed by atoms with Crippen LogP contribution in [0.3, 0.4) is 0 Å². The van der Waals surface area contributed by atoms with E-state index >= 15 is 0 Å². The molecule has 3 heterocycles. The van der Waals surface area contributed by atoms with E-state index < -0.39 is 28.7 Å². The summed E-state index contributed by atoms with van der Waals surface area (Å²) in [6.07, 6.45) is 3.22. The third-order valence-electron chi connectivity index (χ3n) is 7.72. The Morgan fingerprint density at radius 1 is 1.18 bits per heavy atom. The lowest BCUT2D eigenvalue weighted by Crippen LogP contribution is -2.50. The van der Waals surface area contributed by atoms with Gasteiger partial charge in [0.05, 0.1) is 30.0 Å². The maximum absolute atomic E-state index is 14.4. The molecule has 0 saturated carbocycles. The molecule has 238 valence electrons. The fraction of sp³-hybridized carbons (Fsp3) is 0.406. The number of hydrogen-bond acceptors (Lipinski definition) is 7. The number of nitrogens with zero attached hydrogens (tertiary/aromatic N) is 4. The molecule has 0 bridgehead atoms. The van der Waals surface area contributed by atoms with Crippen LogP contribution in [-0.4, -0.2) is 70.9 Å². The number of anilines is 1. The van der Waals surface area contributed by atoms with Crippen molar-refractivity contribution < 1.29 is 32.6 Å². The van der Waals surface area contributed by atoms with E-state index in [9.17, 15) is 18.4 Å². The number of carbonyl (C=O) groups is 2. The molecule has 2 N–H and O–H groups in total. The van der Waals surface area contributed by atoms with Crippen LogP contribution in [0.4, 0.5) is 19.3 Å². The zero-order valence-corrected chi connectivity index (χ0v) is 25.7. The second-order valence-electron chi connectivity index (χ2n) is 11.9. The molecule has 1 saturated heterocycles. The van der Waals surface area contributed by atoms with Gasteiger partial charge in [0.15, 0.2) is 0 Å². The first kappa shape index (κ1) is 31.6. The first-order chi connectivity index (χ1) is 21.4. The second-order valence-corrected chi connectivity index (χ2v) is 11.9. The maximum atomic E-state index is 14.4. The van der Waals surface area contributed by atoms with Gasteiger partial charge in [-0.2, -0.15) is 5.10 Å². The molecule has 3 aromatic rings. The summed E-state index contributed by atoms with van der Waals surface area (Å²) in [4.78, 5) is 32.0. The number of likely N-dealkylation sites (tertiary alicyclic amines) is 1. The third-order valence-corrected chi connectivity index (χ3v) is 7.72. The van der Waals surface area contributed by atoms with Crippen molar-refractivity contribution in [2.24, 2.45) is 4.99 Å². The number of aromatic nitrogens is 2. The smallest absolute Gasteiger partial charge is 0.410 e. The molecule has 0 spiro atoms. The number of halogens is 2. The highest BCUT2D eigenvalue weighted by molar-refractivity contribution is 5.99. The number of rotatable bonds is 5. The molecule has 0 atom stereocenters. The summed E-state index contributed by atoms with van der Waals surface area (Å²) in [5.74, 6) is -1.33. The number of aliphatic imine (C=N–C) groups is 1. The number of benzene rings is 2. The Labute approximate surface area is 259 Å². The van der Waals surface area contributed by atoms with Crippen LogP contribution in [0.25, 0.3) is 11.3 Å². The molecule has 0 aliphatic carbocycles. The standard InChI is InChI=1S/C32H36F2N6O5/c1-5-43-28(41)32(11-13-39(14-12-32)30(42)45-31(2,3)4)21-6-9-26-23(16-21)27-20(10-15-44-26)18-40(38-27)29(36-19-35)37-25-8-7-22(33)17-24(25)34/h6-9,16-19H,5,10-15H2,1-4H3,(H2,35,36,37). The number of fused-ring (bicyclic) bond motifs is 3. The number of nitrogens with one attached hydrogen (secondary N) is 2. The van der Waals surface area contributed by atoms with E-state index in [4.69, 9.17) is 24.7 Å². The van der Waals surface area contributed by atoms with Gasteiger partial charge in [-0.1, -0.05) is 6.07 Å². The van der Waals surface area contributed by atoms with Crippen LogP contribution < -0.4 is 10.1 Å². The molecule has 0 radical (unpaired) electrons. The number of carbonyl (C=O) groups excluding carboxylic acids is 2. The topological polar surface area (TPSA) is 131 Å². The van der Waals surface area contributed by atoms with E-state index in [-0.39, 0.29) is 24.2 Å².